The van der Waals surface area contributed by atoms with Crippen LogP contribution in [0.15, 0.2) is 30.9 Å². The van der Waals surface area contributed by atoms with Gasteiger partial charge in [0.15, 0.2) is 17.3 Å². The molecule has 4 aromatic rings. The van der Waals surface area contributed by atoms with Crippen molar-refractivity contribution in [1.29, 1.82) is 0 Å². The van der Waals surface area contributed by atoms with Crippen LogP contribution >= 0.6 is 0 Å². The van der Waals surface area contributed by atoms with E-state index in [-0.39, 0.29) is 11.2 Å². The maximum atomic E-state index is 14.6. The predicted molar refractivity (Wildman–Crippen MR) is 124 cm³/mol. The van der Waals surface area contributed by atoms with Crippen LogP contribution in [-0.4, -0.2) is 55.4 Å². The molecule has 5 heterocycles. The van der Waals surface area contributed by atoms with Crippen molar-refractivity contribution >= 4 is 34.1 Å². The first-order valence-corrected chi connectivity index (χ1v) is 10.9. The van der Waals surface area contributed by atoms with Gasteiger partial charge in [0.2, 0.25) is 0 Å². The lowest BCUT2D eigenvalue weighted by atomic mass is 10.1. The number of halogens is 1. The van der Waals surface area contributed by atoms with E-state index in [1.165, 1.54) is 12.3 Å². The van der Waals surface area contributed by atoms with E-state index in [4.69, 9.17) is 0 Å². The fourth-order valence-corrected chi connectivity index (χ4v) is 4.44. The molecule has 1 amide bonds. The highest BCUT2D eigenvalue weighted by Crippen LogP contribution is 2.26. The van der Waals surface area contributed by atoms with Gasteiger partial charge < -0.3 is 15.5 Å². The van der Waals surface area contributed by atoms with Crippen LogP contribution in [0.4, 0.5) is 15.9 Å². The fourth-order valence-electron chi connectivity index (χ4n) is 4.44. The van der Waals surface area contributed by atoms with Crippen molar-refractivity contribution in [3.05, 3.63) is 53.6 Å². The van der Waals surface area contributed by atoms with E-state index in [0.717, 1.165) is 24.5 Å². The largest absolute Gasteiger partial charge is 0.352 e. The zero-order valence-corrected chi connectivity index (χ0v) is 18.9. The molecule has 1 aliphatic rings. The van der Waals surface area contributed by atoms with Gasteiger partial charge in [0.05, 0.1) is 16.9 Å². The lowest BCUT2D eigenvalue weighted by Crippen LogP contribution is -2.54. The Labute approximate surface area is 190 Å². The summed E-state index contributed by atoms with van der Waals surface area (Å²) in [6.07, 6.45) is 6.32. The second kappa shape index (κ2) is 8.04. The Bertz CT molecular complexity index is 1370. The van der Waals surface area contributed by atoms with Crippen LogP contribution in [0.5, 0.6) is 0 Å². The summed E-state index contributed by atoms with van der Waals surface area (Å²) < 4.78 is 16.2. The van der Waals surface area contributed by atoms with Crippen molar-refractivity contribution in [2.24, 2.45) is 0 Å². The number of amides is 1. The van der Waals surface area contributed by atoms with Gasteiger partial charge in [0.1, 0.15) is 11.0 Å². The van der Waals surface area contributed by atoms with E-state index >= 15 is 0 Å². The molecule has 1 fully saturated rings. The quantitative estimate of drug-likeness (QED) is 0.497. The summed E-state index contributed by atoms with van der Waals surface area (Å²) in [5.41, 5.74) is 3.37. The Hall–Kier alpha value is -3.66. The van der Waals surface area contributed by atoms with Gasteiger partial charge in [-0.05, 0) is 27.7 Å². The summed E-state index contributed by atoms with van der Waals surface area (Å²) in [7, 11) is 0. The van der Waals surface area contributed by atoms with Crippen LogP contribution in [0.25, 0.3) is 16.7 Å². The molecule has 2 N–H and O–H groups in total. The van der Waals surface area contributed by atoms with E-state index in [2.05, 4.69) is 49.3 Å². The minimum atomic E-state index is -0.510. The topological polar surface area (TPSA) is 100 Å². The second-order valence-corrected chi connectivity index (χ2v) is 8.63. The molecule has 33 heavy (non-hydrogen) atoms. The maximum Gasteiger partial charge on any atom is 0.259 e. The SMILES string of the molecule is Cc1nc2c(F)cc(NC(=O)c3cnc(N4CC(C)NC(C)C4)c4nccnc34)cn2c1C. The second-order valence-electron chi connectivity index (χ2n) is 8.63. The molecule has 0 radical (unpaired) electrons. The van der Waals surface area contributed by atoms with Crippen LogP contribution in [-0.2, 0) is 0 Å². The average molecular weight is 449 g/mol. The number of carbonyl (C=O) groups is 1. The number of carbonyl (C=O) groups excluding carboxylic acids is 1. The minimum absolute atomic E-state index is 0.227. The minimum Gasteiger partial charge on any atom is -0.352 e. The normalized spacial score (nSPS) is 18.8. The average Bonchev–Trinajstić information content (AvgIpc) is 3.06. The lowest BCUT2D eigenvalue weighted by molar-refractivity contribution is 0.102. The van der Waals surface area contributed by atoms with Gasteiger partial charge in [0, 0.05) is 61.7 Å². The predicted octanol–water partition coefficient (Wildman–Crippen LogP) is 2.87. The summed E-state index contributed by atoms with van der Waals surface area (Å²) >= 11 is 0. The summed E-state index contributed by atoms with van der Waals surface area (Å²) in [6.45, 7) is 9.46. The summed E-state index contributed by atoms with van der Waals surface area (Å²) in [5, 5.41) is 6.27. The van der Waals surface area contributed by atoms with Gasteiger partial charge in [0.25, 0.3) is 5.91 Å². The molecule has 9 nitrogen and oxygen atoms in total. The Morgan fingerprint density at radius 1 is 1.12 bits per heavy atom. The molecule has 1 saturated heterocycles. The van der Waals surface area contributed by atoms with Crippen LogP contribution in [0.3, 0.4) is 0 Å². The summed E-state index contributed by atoms with van der Waals surface area (Å²) in [4.78, 5) is 33.1. The third kappa shape index (κ3) is 3.76. The van der Waals surface area contributed by atoms with E-state index < -0.39 is 11.7 Å². The van der Waals surface area contributed by atoms with Gasteiger partial charge in [-0.2, -0.15) is 0 Å². The number of fused-ring (bicyclic) bond motifs is 2. The lowest BCUT2D eigenvalue weighted by Gasteiger charge is -2.37. The van der Waals surface area contributed by atoms with Crippen molar-refractivity contribution in [2.75, 3.05) is 23.3 Å². The number of rotatable bonds is 3. The van der Waals surface area contributed by atoms with E-state index in [0.29, 0.717) is 34.6 Å². The molecule has 0 spiro atoms. The van der Waals surface area contributed by atoms with Crippen molar-refractivity contribution < 1.29 is 9.18 Å². The first-order valence-electron chi connectivity index (χ1n) is 10.9. The van der Waals surface area contributed by atoms with Crippen molar-refractivity contribution in [3.63, 3.8) is 0 Å². The monoisotopic (exact) mass is 448 g/mol. The van der Waals surface area contributed by atoms with Gasteiger partial charge in [-0.25, -0.2) is 19.3 Å². The number of piperazine rings is 1. The third-order valence-corrected chi connectivity index (χ3v) is 5.99. The van der Waals surface area contributed by atoms with Crippen LogP contribution in [0, 0.1) is 19.7 Å². The molecular formula is C23H25FN8O. The van der Waals surface area contributed by atoms with Gasteiger partial charge in [-0.1, -0.05) is 0 Å². The van der Waals surface area contributed by atoms with E-state index in [1.54, 1.807) is 23.0 Å². The van der Waals surface area contributed by atoms with Crippen molar-refractivity contribution in [2.45, 2.75) is 39.8 Å². The zero-order chi connectivity index (χ0) is 23.3. The highest BCUT2D eigenvalue weighted by Gasteiger charge is 2.26. The number of nitrogens with one attached hydrogen (secondary N) is 2. The zero-order valence-electron chi connectivity index (χ0n) is 18.9. The molecule has 1 aliphatic heterocycles. The molecule has 4 aromatic heterocycles. The molecule has 0 aromatic carbocycles. The maximum absolute atomic E-state index is 14.6. The Balaban J connectivity index is 1.51. The number of pyridine rings is 2. The summed E-state index contributed by atoms with van der Waals surface area (Å²) in [5.74, 6) is -0.245. The molecule has 170 valence electrons. The molecule has 10 heteroatoms. The van der Waals surface area contributed by atoms with Crippen LogP contribution in [0.2, 0.25) is 0 Å². The van der Waals surface area contributed by atoms with Gasteiger partial charge >= 0.3 is 0 Å². The number of hydrogen-bond acceptors (Lipinski definition) is 7. The van der Waals surface area contributed by atoms with Gasteiger partial charge in [-0.15, -0.1) is 0 Å². The molecule has 0 aliphatic carbocycles. The fraction of sp³-hybridized carbons (Fsp3) is 0.348. The Morgan fingerprint density at radius 2 is 1.82 bits per heavy atom. The Kier molecular flexibility index (Phi) is 5.16. The smallest absolute Gasteiger partial charge is 0.259 e. The molecule has 2 unspecified atom stereocenters. The van der Waals surface area contributed by atoms with Crippen LogP contribution < -0.4 is 15.5 Å². The number of anilines is 2. The highest BCUT2D eigenvalue weighted by atomic mass is 19.1. The van der Waals surface area contributed by atoms with E-state index in [1.807, 2.05) is 13.8 Å². The van der Waals surface area contributed by atoms with Crippen molar-refractivity contribution in [3.8, 4) is 0 Å². The first-order chi connectivity index (χ1) is 15.8. The Morgan fingerprint density at radius 3 is 2.55 bits per heavy atom. The molecule has 2 atom stereocenters. The first kappa shape index (κ1) is 21.2. The highest BCUT2D eigenvalue weighted by molar-refractivity contribution is 6.12. The summed E-state index contributed by atoms with van der Waals surface area (Å²) in [6, 6.07) is 1.86. The van der Waals surface area contributed by atoms with E-state index in [9.17, 15) is 9.18 Å². The molecule has 5 rings (SSSR count). The molecular weight excluding hydrogens is 423 g/mol. The number of imidazole rings is 1. The number of nitrogens with zero attached hydrogens (tertiary/aromatic N) is 6. The third-order valence-electron chi connectivity index (χ3n) is 5.99. The molecule has 0 saturated carbocycles. The van der Waals surface area contributed by atoms with Crippen molar-refractivity contribution in [1.82, 2.24) is 29.7 Å². The van der Waals surface area contributed by atoms with Gasteiger partial charge in [-0.3, -0.25) is 14.2 Å². The van der Waals surface area contributed by atoms with Crippen LogP contribution in [0.1, 0.15) is 35.6 Å². The number of hydrogen-bond donors (Lipinski definition) is 2. The standard InChI is InChI=1S/C23H25FN8O/c1-12-9-31(10-13(2)28-12)22-20-19(25-5-6-26-20)17(8-27-22)23(33)30-16-7-18(24)21-29-14(3)15(4)32(21)11-16/h5-8,11-13,28H,9-10H2,1-4H3,(H,30,33). The molecule has 0 bridgehead atoms. The number of aryl methyl sites for hydroxylation is 2. The number of aromatic nitrogens is 5.